The quantitative estimate of drug-likeness (QED) is 0.912. The highest BCUT2D eigenvalue weighted by molar-refractivity contribution is 5.93. The number of carbonyl (C=O) groups excluding carboxylic acids is 1. The van der Waals surface area contributed by atoms with Gasteiger partial charge in [0.2, 0.25) is 5.91 Å². The van der Waals surface area contributed by atoms with Crippen molar-refractivity contribution < 1.29 is 9.53 Å². The van der Waals surface area contributed by atoms with Crippen molar-refractivity contribution in [1.82, 2.24) is 0 Å². The summed E-state index contributed by atoms with van der Waals surface area (Å²) < 4.78 is 5.25. The van der Waals surface area contributed by atoms with Crippen LogP contribution in [0, 0.1) is 0 Å². The number of methoxy groups -OCH3 is 1. The predicted octanol–water partition coefficient (Wildman–Crippen LogP) is 2.82. The molecule has 0 radical (unpaired) electrons. The molecule has 1 aliphatic rings. The Labute approximate surface area is 130 Å². The summed E-state index contributed by atoms with van der Waals surface area (Å²) in [6.07, 6.45) is 2.07. The molecule has 4 nitrogen and oxygen atoms in total. The number of amides is 1. The molecule has 0 saturated carbocycles. The van der Waals surface area contributed by atoms with Crippen molar-refractivity contribution in [3.63, 3.8) is 0 Å². The van der Waals surface area contributed by atoms with Gasteiger partial charge in [0.1, 0.15) is 5.75 Å². The molecular formula is C18H20N2O2. The van der Waals surface area contributed by atoms with Crippen LogP contribution in [0.1, 0.15) is 29.2 Å². The Morgan fingerprint density at radius 1 is 1.23 bits per heavy atom. The second kappa shape index (κ2) is 6.20. The minimum absolute atomic E-state index is 0.0740. The molecule has 0 spiro atoms. The number of aryl methyl sites for hydroxylation is 1. The molecule has 2 aromatic carbocycles. The van der Waals surface area contributed by atoms with E-state index >= 15 is 0 Å². The molecule has 1 aliphatic heterocycles. The fourth-order valence-corrected chi connectivity index (χ4v) is 2.81. The van der Waals surface area contributed by atoms with Crippen LogP contribution in [0.5, 0.6) is 5.75 Å². The zero-order chi connectivity index (χ0) is 15.5. The summed E-state index contributed by atoms with van der Waals surface area (Å²) in [5, 5.41) is 2.89. The molecule has 1 atom stereocenters. The van der Waals surface area contributed by atoms with Crippen molar-refractivity contribution in [3.05, 3.63) is 59.2 Å². The van der Waals surface area contributed by atoms with Crippen LogP contribution in [0.4, 0.5) is 5.69 Å². The SMILES string of the molecule is COc1cccc(CC(N)c2ccc3c(c2)CCC(=O)N3)c1. The molecule has 2 aromatic rings. The molecule has 0 bridgehead atoms. The van der Waals surface area contributed by atoms with Gasteiger partial charge in [-0.05, 0) is 47.7 Å². The van der Waals surface area contributed by atoms with E-state index in [1.165, 1.54) is 0 Å². The van der Waals surface area contributed by atoms with Gasteiger partial charge in [-0.3, -0.25) is 4.79 Å². The summed E-state index contributed by atoms with van der Waals surface area (Å²) in [5.74, 6) is 0.929. The number of fused-ring (bicyclic) bond motifs is 1. The van der Waals surface area contributed by atoms with Gasteiger partial charge < -0.3 is 15.8 Å². The Kier molecular flexibility index (Phi) is 4.11. The van der Waals surface area contributed by atoms with Crippen LogP contribution in [-0.2, 0) is 17.6 Å². The lowest BCUT2D eigenvalue weighted by Crippen LogP contribution is -2.20. The Bertz CT molecular complexity index is 697. The fraction of sp³-hybridized carbons (Fsp3) is 0.278. The molecular weight excluding hydrogens is 276 g/mol. The molecule has 114 valence electrons. The summed E-state index contributed by atoms with van der Waals surface area (Å²) >= 11 is 0. The van der Waals surface area contributed by atoms with Crippen LogP contribution in [0.25, 0.3) is 0 Å². The van der Waals surface area contributed by atoms with Crippen LogP contribution in [0.2, 0.25) is 0 Å². The molecule has 0 aliphatic carbocycles. The number of benzene rings is 2. The summed E-state index contributed by atoms with van der Waals surface area (Å²) in [5.41, 5.74) is 10.7. The first-order valence-electron chi connectivity index (χ1n) is 7.47. The number of hydrogen-bond donors (Lipinski definition) is 2. The standard InChI is InChI=1S/C18H20N2O2/c1-22-15-4-2-3-12(9-15)10-16(19)13-5-7-17-14(11-13)6-8-18(21)20-17/h2-5,7,9,11,16H,6,8,10,19H2,1H3,(H,20,21). The van der Waals surface area contributed by atoms with Gasteiger partial charge in [-0.1, -0.05) is 24.3 Å². The van der Waals surface area contributed by atoms with Gasteiger partial charge in [0.05, 0.1) is 7.11 Å². The lowest BCUT2D eigenvalue weighted by Gasteiger charge is -2.20. The molecule has 1 heterocycles. The number of carbonyl (C=O) groups is 1. The average molecular weight is 296 g/mol. The van der Waals surface area contributed by atoms with E-state index in [9.17, 15) is 4.79 Å². The third kappa shape index (κ3) is 3.12. The van der Waals surface area contributed by atoms with Crippen molar-refractivity contribution in [2.75, 3.05) is 12.4 Å². The van der Waals surface area contributed by atoms with Crippen LogP contribution in [0.3, 0.4) is 0 Å². The third-order valence-corrected chi connectivity index (χ3v) is 4.04. The maximum absolute atomic E-state index is 11.4. The molecule has 4 heteroatoms. The normalized spacial score (nSPS) is 14.9. The Morgan fingerprint density at radius 3 is 2.91 bits per heavy atom. The van der Waals surface area contributed by atoms with E-state index in [1.807, 2.05) is 30.3 Å². The first-order chi connectivity index (χ1) is 10.7. The number of anilines is 1. The van der Waals surface area contributed by atoms with Gasteiger partial charge in [-0.15, -0.1) is 0 Å². The van der Waals surface area contributed by atoms with E-state index < -0.39 is 0 Å². The van der Waals surface area contributed by atoms with Crippen molar-refractivity contribution in [2.24, 2.45) is 5.73 Å². The minimum atomic E-state index is -0.0740. The van der Waals surface area contributed by atoms with E-state index in [2.05, 4.69) is 17.4 Å². The number of rotatable bonds is 4. The molecule has 1 unspecified atom stereocenters. The Balaban J connectivity index is 1.77. The van der Waals surface area contributed by atoms with E-state index in [1.54, 1.807) is 7.11 Å². The van der Waals surface area contributed by atoms with Crippen LogP contribution >= 0.6 is 0 Å². The zero-order valence-electron chi connectivity index (χ0n) is 12.6. The first kappa shape index (κ1) is 14.6. The average Bonchev–Trinajstić information content (AvgIpc) is 2.54. The molecule has 0 aromatic heterocycles. The van der Waals surface area contributed by atoms with E-state index in [4.69, 9.17) is 10.5 Å². The van der Waals surface area contributed by atoms with Gasteiger partial charge >= 0.3 is 0 Å². The lowest BCUT2D eigenvalue weighted by atomic mass is 9.94. The summed E-state index contributed by atoms with van der Waals surface area (Å²) in [7, 11) is 1.66. The highest BCUT2D eigenvalue weighted by atomic mass is 16.5. The zero-order valence-corrected chi connectivity index (χ0v) is 12.6. The summed E-state index contributed by atoms with van der Waals surface area (Å²) in [6.45, 7) is 0. The molecule has 3 N–H and O–H groups in total. The first-order valence-corrected chi connectivity index (χ1v) is 7.47. The topological polar surface area (TPSA) is 64.3 Å². The van der Waals surface area contributed by atoms with Gasteiger partial charge in [-0.2, -0.15) is 0 Å². The smallest absolute Gasteiger partial charge is 0.224 e. The van der Waals surface area contributed by atoms with Gasteiger partial charge in [0, 0.05) is 18.2 Å². The number of hydrogen-bond acceptors (Lipinski definition) is 3. The molecule has 0 saturated heterocycles. The number of nitrogens with one attached hydrogen (secondary N) is 1. The van der Waals surface area contributed by atoms with Crippen LogP contribution in [0.15, 0.2) is 42.5 Å². The van der Waals surface area contributed by atoms with Crippen molar-refractivity contribution in [3.8, 4) is 5.75 Å². The van der Waals surface area contributed by atoms with Gasteiger partial charge in [0.25, 0.3) is 0 Å². The van der Waals surface area contributed by atoms with Crippen LogP contribution < -0.4 is 15.8 Å². The minimum Gasteiger partial charge on any atom is -0.497 e. The third-order valence-electron chi connectivity index (χ3n) is 4.04. The summed E-state index contributed by atoms with van der Waals surface area (Å²) in [6, 6.07) is 14.0. The van der Waals surface area contributed by atoms with Gasteiger partial charge in [0.15, 0.2) is 0 Å². The maximum atomic E-state index is 11.4. The fourth-order valence-electron chi connectivity index (χ4n) is 2.81. The highest BCUT2D eigenvalue weighted by Crippen LogP contribution is 2.27. The predicted molar refractivity (Wildman–Crippen MR) is 87.0 cm³/mol. The molecule has 3 rings (SSSR count). The van der Waals surface area contributed by atoms with Crippen molar-refractivity contribution in [1.29, 1.82) is 0 Å². The van der Waals surface area contributed by atoms with Crippen molar-refractivity contribution in [2.45, 2.75) is 25.3 Å². The van der Waals surface area contributed by atoms with E-state index in [-0.39, 0.29) is 11.9 Å². The largest absolute Gasteiger partial charge is 0.497 e. The highest BCUT2D eigenvalue weighted by Gasteiger charge is 2.16. The Hall–Kier alpha value is -2.33. The van der Waals surface area contributed by atoms with Crippen LogP contribution in [-0.4, -0.2) is 13.0 Å². The Morgan fingerprint density at radius 2 is 2.09 bits per heavy atom. The number of nitrogens with two attached hydrogens (primary N) is 1. The second-order valence-electron chi connectivity index (χ2n) is 5.63. The molecule has 1 amide bonds. The lowest BCUT2D eigenvalue weighted by molar-refractivity contribution is -0.116. The van der Waals surface area contributed by atoms with Crippen molar-refractivity contribution >= 4 is 11.6 Å². The molecule has 22 heavy (non-hydrogen) atoms. The second-order valence-corrected chi connectivity index (χ2v) is 5.63. The van der Waals surface area contributed by atoms with E-state index in [0.717, 1.165) is 41.0 Å². The maximum Gasteiger partial charge on any atom is 0.224 e. The number of ether oxygens (including phenoxy) is 1. The summed E-state index contributed by atoms with van der Waals surface area (Å²) in [4.78, 5) is 11.4. The van der Waals surface area contributed by atoms with E-state index in [0.29, 0.717) is 6.42 Å². The van der Waals surface area contributed by atoms with Gasteiger partial charge in [-0.25, -0.2) is 0 Å². The molecule has 0 fully saturated rings. The monoisotopic (exact) mass is 296 g/mol.